The van der Waals surface area contributed by atoms with Crippen LogP contribution in [-0.4, -0.2) is 30.6 Å². The molecule has 0 saturated heterocycles. The summed E-state index contributed by atoms with van der Waals surface area (Å²) in [7, 11) is -3.23. The normalized spacial score (nSPS) is 15.2. The maximum atomic E-state index is 11.4. The summed E-state index contributed by atoms with van der Waals surface area (Å²) in [4.78, 5) is 0. The maximum absolute atomic E-state index is 11.4. The molecule has 0 aliphatic carbocycles. The quantitative estimate of drug-likeness (QED) is 0.715. The van der Waals surface area contributed by atoms with Gasteiger partial charge in [-0.15, -0.1) is 6.58 Å². The summed E-state index contributed by atoms with van der Waals surface area (Å²) in [6.07, 6.45) is 1.40. The molecule has 1 unspecified atom stereocenters. The van der Waals surface area contributed by atoms with Crippen LogP contribution in [0.1, 0.15) is 33.6 Å². The summed E-state index contributed by atoms with van der Waals surface area (Å²) < 4.78 is 21.6. The zero-order chi connectivity index (χ0) is 11.6. The van der Waals surface area contributed by atoms with Crippen LogP contribution in [0.25, 0.3) is 0 Å². The van der Waals surface area contributed by atoms with Gasteiger partial charge in [0, 0.05) is 6.26 Å². The van der Waals surface area contributed by atoms with Crippen LogP contribution in [0.4, 0.5) is 0 Å². The van der Waals surface area contributed by atoms with Crippen LogP contribution in [0.5, 0.6) is 0 Å². The van der Waals surface area contributed by atoms with Crippen molar-refractivity contribution in [2.45, 2.75) is 44.5 Å². The minimum absolute atomic E-state index is 0.440. The number of aliphatic hydroxyl groups excluding tert-OH is 1. The molecule has 4 heteroatoms. The first-order valence-electron chi connectivity index (χ1n) is 4.61. The van der Waals surface area contributed by atoms with Gasteiger partial charge in [-0.1, -0.05) is 5.57 Å². The Morgan fingerprint density at radius 3 is 2.21 bits per heavy atom. The van der Waals surface area contributed by atoms with E-state index in [0.717, 1.165) is 11.8 Å². The second-order valence-corrected chi connectivity index (χ2v) is 6.98. The summed E-state index contributed by atoms with van der Waals surface area (Å²) >= 11 is 0. The highest BCUT2D eigenvalue weighted by atomic mass is 32.2. The molecule has 0 rings (SSSR count). The third-order valence-electron chi connectivity index (χ3n) is 2.60. The first kappa shape index (κ1) is 13.7. The van der Waals surface area contributed by atoms with E-state index in [0.29, 0.717) is 12.8 Å². The lowest BCUT2D eigenvalue weighted by Crippen LogP contribution is -2.43. The van der Waals surface area contributed by atoms with Gasteiger partial charge >= 0.3 is 0 Å². The van der Waals surface area contributed by atoms with E-state index in [4.69, 9.17) is 0 Å². The van der Waals surface area contributed by atoms with Crippen LogP contribution in [0.2, 0.25) is 0 Å². The summed E-state index contributed by atoms with van der Waals surface area (Å²) in [5.41, 5.74) is 0.952. The molecule has 0 aliphatic rings. The highest BCUT2D eigenvalue weighted by Crippen LogP contribution is 2.24. The Kier molecular flexibility index (Phi) is 4.34. The van der Waals surface area contributed by atoms with E-state index in [2.05, 4.69) is 6.58 Å². The largest absolute Gasteiger partial charge is 0.391 e. The highest BCUT2D eigenvalue weighted by molar-refractivity contribution is 7.92. The molecule has 0 aromatic heterocycles. The summed E-state index contributed by atoms with van der Waals surface area (Å²) in [6, 6.07) is 0. The third kappa shape index (κ3) is 3.42. The molecule has 0 bridgehead atoms. The molecule has 3 nitrogen and oxygen atoms in total. The minimum Gasteiger partial charge on any atom is -0.391 e. The van der Waals surface area contributed by atoms with Gasteiger partial charge < -0.3 is 5.11 Å². The van der Waals surface area contributed by atoms with Crippen molar-refractivity contribution in [3.05, 3.63) is 12.2 Å². The van der Waals surface area contributed by atoms with Gasteiger partial charge in [0.25, 0.3) is 0 Å². The predicted octanol–water partition coefficient (Wildman–Crippen LogP) is 1.53. The summed E-state index contributed by atoms with van der Waals surface area (Å²) in [6.45, 7) is 8.67. The highest BCUT2D eigenvalue weighted by Gasteiger charge is 2.37. The lowest BCUT2D eigenvalue weighted by molar-refractivity contribution is 0.128. The standard InChI is InChI=1S/C10H20O3S/c1-8(2)6-7-9(11)10(3,4)14(5,12)13/h9,11H,1,6-7H2,2-5H3. The summed E-state index contributed by atoms with van der Waals surface area (Å²) in [5, 5.41) is 9.74. The van der Waals surface area contributed by atoms with Gasteiger partial charge in [-0.05, 0) is 33.6 Å². The molecule has 0 amide bonds. The Hall–Kier alpha value is -0.350. The maximum Gasteiger partial charge on any atom is 0.155 e. The molecule has 14 heavy (non-hydrogen) atoms. The van der Waals surface area contributed by atoms with Gasteiger partial charge in [0.05, 0.1) is 10.9 Å². The van der Waals surface area contributed by atoms with Crippen molar-refractivity contribution in [2.24, 2.45) is 0 Å². The zero-order valence-corrected chi connectivity index (χ0v) is 10.2. The van der Waals surface area contributed by atoms with E-state index in [9.17, 15) is 13.5 Å². The third-order valence-corrected chi connectivity index (χ3v) is 4.79. The van der Waals surface area contributed by atoms with Crippen molar-refractivity contribution in [1.29, 1.82) is 0 Å². The van der Waals surface area contributed by atoms with E-state index in [1.54, 1.807) is 13.8 Å². The molecule has 1 N–H and O–H groups in total. The van der Waals surface area contributed by atoms with Crippen LogP contribution < -0.4 is 0 Å². The fourth-order valence-corrected chi connectivity index (χ4v) is 1.59. The van der Waals surface area contributed by atoms with E-state index in [1.807, 2.05) is 6.92 Å². The molecule has 0 aliphatic heterocycles. The van der Waals surface area contributed by atoms with Gasteiger partial charge in [0.2, 0.25) is 0 Å². The lowest BCUT2D eigenvalue weighted by Gasteiger charge is -2.28. The number of aliphatic hydroxyl groups is 1. The monoisotopic (exact) mass is 220 g/mol. The number of sulfone groups is 1. The first-order chi connectivity index (χ1) is 6.09. The van der Waals surface area contributed by atoms with Gasteiger partial charge in [0.15, 0.2) is 9.84 Å². The first-order valence-corrected chi connectivity index (χ1v) is 6.50. The predicted molar refractivity (Wildman–Crippen MR) is 59.0 cm³/mol. The van der Waals surface area contributed by atoms with E-state index in [1.165, 1.54) is 0 Å². The van der Waals surface area contributed by atoms with Gasteiger partial charge in [-0.25, -0.2) is 8.42 Å². The van der Waals surface area contributed by atoms with Crippen LogP contribution in [0, 0.1) is 0 Å². The van der Waals surface area contributed by atoms with E-state index in [-0.39, 0.29) is 0 Å². The number of hydrogen-bond donors (Lipinski definition) is 1. The second kappa shape index (κ2) is 4.45. The van der Waals surface area contributed by atoms with Crippen LogP contribution in [-0.2, 0) is 9.84 Å². The molecular formula is C10H20O3S. The van der Waals surface area contributed by atoms with E-state index >= 15 is 0 Å². The van der Waals surface area contributed by atoms with E-state index < -0.39 is 20.7 Å². The molecule has 0 spiro atoms. The molecule has 0 aromatic rings. The molecule has 0 fully saturated rings. The Morgan fingerprint density at radius 2 is 1.93 bits per heavy atom. The molecule has 1 atom stereocenters. The van der Waals surface area contributed by atoms with Crippen molar-refractivity contribution in [3.8, 4) is 0 Å². The molecule has 0 saturated carbocycles. The fraction of sp³-hybridized carbons (Fsp3) is 0.800. The lowest BCUT2D eigenvalue weighted by atomic mass is 9.99. The minimum atomic E-state index is -3.23. The molecule has 0 radical (unpaired) electrons. The number of hydrogen-bond acceptors (Lipinski definition) is 3. The molecule has 0 aromatic carbocycles. The SMILES string of the molecule is C=C(C)CCC(O)C(C)(C)S(C)(=O)=O. The van der Waals surface area contributed by atoms with Gasteiger partial charge in [-0.3, -0.25) is 0 Å². The van der Waals surface area contributed by atoms with Crippen molar-refractivity contribution < 1.29 is 13.5 Å². The van der Waals surface area contributed by atoms with Crippen molar-refractivity contribution >= 4 is 9.84 Å². The summed E-state index contributed by atoms with van der Waals surface area (Å²) in [5.74, 6) is 0. The van der Waals surface area contributed by atoms with Crippen molar-refractivity contribution in [3.63, 3.8) is 0 Å². The topological polar surface area (TPSA) is 54.4 Å². The number of allylic oxidation sites excluding steroid dienone is 1. The van der Waals surface area contributed by atoms with Crippen LogP contribution in [0.3, 0.4) is 0 Å². The molecular weight excluding hydrogens is 200 g/mol. The van der Waals surface area contributed by atoms with Gasteiger partial charge in [-0.2, -0.15) is 0 Å². The zero-order valence-electron chi connectivity index (χ0n) is 9.37. The second-order valence-electron chi connectivity index (χ2n) is 4.39. The average molecular weight is 220 g/mol. The smallest absolute Gasteiger partial charge is 0.155 e. The Labute approximate surface area is 86.8 Å². The average Bonchev–Trinajstić information content (AvgIpc) is 1.97. The van der Waals surface area contributed by atoms with Crippen LogP contribution >= 0.6 is 0 Å². The Morgan fingerprint density at radius 1 is 1.50 bits per heavy atom. The van der Waals surface area contributed by atoms with Crippen molar-refractivity contribution in [2.75, 3.05) is 6.26 Å². The Balaban J connectivity index is 4.52. The fourth-order valence-electron chi connectivity index (χ4n) is 0.978. The van der Waals surface area contributed by atoms with Gasteiger partial charge in [0.1, 0.15) is 0 Å². The molecule has 0 heterocycles. The number of rotatable bonds is 5. The molecule has 84 valence electrons. The van der Waals surface area contributed by atoms with Crippen molar-refractivity contribution in [1.82, 2.24) is 0 Å². The van der Waals surface area contributed by atoms with Crippen LogP contribution in [0.15, 0.2) is 12.2 Å². The Bertz CT molecular complexity index is 301.